The van der Waals surface area contributed by atoms with Gasteiger partial charge in [-0.2, -0.15) is 0 Å². The van der Waals surface area contributed by atoms with E-state index in [9.17, 15) is 9.90 Å². The van der Waals surface area contributed by atoms with E-state index in [2.05, 4.69) is 51.6 Å². The van der Waals surface area contributed by atoms with Crippen molar-refractivity contribution in [3.05, 3.63) is 71.8 Å². The highest BCUT2D eigenvalue weighted by Crippen LogP contribution is 2.31. The summed E-state index contributed by atoms with van der Waals surface area (Å²) >= 11 is 0. The molecular formula is C25H24N4O2. The monoisotopic (exact) mass is 412 g/mol. The first-order valence-electron chi connectivity index (χ1n) is 10.6. The molecule has 1 aromatic heterocycles. The van der Waals surface area contributed by atoms with Crippen molar-refractivity contribution in [2.24, 2.45) is 7.05 Å². The summed E-state index contributed by atoms with van der Waals surface area (Å²) in [5.74, 6) is -0.982. The quantitative estimate of drug-likeness (QED) is 0.519. The third-order valence-electron chi connectivity index (χ3n) is 6.07. The van der Waals surface area contributed by atoms with Gasteiger partial charge in [0.25, 0.3) is 0 Å². The minimum atomic E-state index is -0.982. The fourth-order valence-corrected chi connectivity index (χ4v) is 4.49. The summed E-state index contributed by atoms with van der Waals surface area (Å²) < 4.78 is 1.50. The van der Waals surface area contributed by atoms with Crippen LogP contribution in [0, 0.1) is 0 Å². The molecule has 1 aliphatic rings. The normalized spacial score (nSPS) is 14.4. The average molecular weight is 412 g/mol. The molecule has 1 saturated heterocycles. The van der Waals surface area contributed by atoms with Crippen molar-refractivity contribution in [3.63, 3.8) is 0 Å². The number of likely N-dealkylation sites (tertiary alicyclic amines) is 1. The molecule has 0 radical (unpaired) electrons. The Morgan fingerprint density at radius 3 is 2.42 bits per heavy atom. The lowest BCUT2D eigenvalue weighted by atomic mass is 9.96. The number of carboxylic acids is 1. The summed E-state index contributed by atoms with van der Waals surface area (Å²) in [5, 5.41) is 17.8. The predicted molar refractivity (Wildman–Crippen MR) is 121 cm³/mol. The van der Waals surface area contributed by atoms with E-state index in [-0.39, 0.29) is 5.56 Å². The Labute approximate surface area is 180 Å². The van der Waals surface area contributed by atoms with Crippen LogP contribution in [0.3, 0.4) is 0 Å². The van der Waals surface area contributed by atoms with Gasteiger partial charge in [-0.25, -0.2) is 9.48 Å². The van der Waals surface area contributed by atoms with Gasteiger partial charge < -0.3 is 5.11 Å². The maximum Gasteiger partial charge on any atom is 0.337 e. The number of carboxylic acid groups (broad SMARTS) is 1. The molecule has 2 heterocycles. The number of aromatic carboxylic acids is 1. The maximum absolute atomic E-state index is 11.8. The molecule has 0 amide bonds. The van der Waals surface area contributed by atoms with Crippen molar-refractivity contribution in [3.8, 4) is 22.3 Å². The molecule has 0 bridgehead atoms. The fourth-order valence-electron chi connectivity index (χ4n) is 4.49. The number of nitrogens with zero attached hydrogens (tertiary/aromatic N) is 4. The Morgan fingerprint density at radius 2 is 1.68 bits per heavy atom. The lowest BCUT2D eigenvalue weighted by Crippen LogP contribution is -2.18. The SMILES string of the molecule is Cn1nnc2cc(-c3ccc(-c4ccccc4CN4CCCC4)cc3)cc(C(=O)O)c21. The largest absolute Gasteiger partial charge is 0.478 e. The summed E-state index contributed by atoms with van der Waals surface area (Å²) in [4.78, 5) is 14.3. The van der Waals surface area contributed by atoms with Crippen LogP contribution in [-0.2, 0) is 13.6 Å². The van der Waals surface area contributed by atoms with E-state index in [1.54, 1.807) is 13.1 Å². The minimum Gasteiger partial charge on any atom is -0.478 e. The molecule has 0 saturated carbocycles. The van der Waals surface area contributed by atoms with Crippen molar-refractivity contribution in [2.75, 3.05) is 13.1 Å². The molecule has 1 N–H and O–H groups in total. The predicted octanol–water partition coefficient (Wildman–Crippen LogP) is 4.60. The Hall–Kier alpha value is -3.51. The summed E-state index contributed by atoms with van der Waals surface area (Å²) in [6.07, 6.45) is 2.57. The second-order valence-corrected chi connectivity index (χ2v) is 8.13. The number of hydrogen-bond donors (Lipinski definition) is 1. The molecule has 6 heteroatoms. The zero-order valence-corrected chi connectivity index (χ0v) is 17.5. The maximum atomic E-state index is 11.8. The number of aryl methyl sites for hydroxylation is 1. The molecule has 4 aromatic rings. The number of carbonyl (C=O) groups is 1. The van der Waals surface area contributed by atoms with Crippen LogP contribution >= 0.6 is 0 Å². The van der Waals surface area contributed by atoms with Crippen LogP contribution in [0.25, 0.3) is 33.3 Å². The van der Waals surface area contributed by atoms with E-state index in [1.165, 1.54) is 41.7 Å². The summed E-state index contributed by atoms with van der Waals surface area (Å²) in [6.45, 7) is 3.32. The number of fused-ring (bicyclic) bond motifs is 1. The number of hydrogen-bond acceptors (Lipinski definition) is 4. The lowest BCUT2D eigenvalue weighted by molar-refractivity contribution is 0.0698. The van der Waals surface area contributed by atoms with Gasteiger partial charge in [-0.05, 0) is 65.9 Å². The van der Waals surface area contributed by atoms with Crippen molar-refractivity contribution in [1.82, 2.24) is 19.9 Å². The molecule has 1 fully saturated rings. The van der Waals surface area contributed by atoms with Crippen LogP contribution in [0.2, 0.25) is 0 Å². The molecule has 31 heavy (non-hydrogen) atoms. The molecule has 6 nitrogen and oxygen atoms in total. The molecular weight excluding hydrogens is 388 g/mol. The molecule has 1 aliphatic heterocycles. The molecule has 3 aromatic carbocycles. The number of benzene rings is 3. The third-order valence-corrected chi connectivity index (χ3v) is 6.07. The van der Waals surface area contributed by atoms with Crippen molar-refractivity contribution in [1.29, 1.82) is 0 Å². The molecule has 0 unspecified atom stereocenters. The number of aromatic nitrogens is 3. The van der Waals surface area contributed by atoms with Gasteiger partial charge in [0.1, 0.15) is 11.0 Å². The van der Waals surface area contributed by atoms with E-state index in [1.807, 2.05) is 18.2 Å². The van der Waals surface area contributed by atoms with Crippen molar-refractivity contribution in [2.45, 2.75) is 19.4 Å². The minimum absolute atomic E-state index is 0.208. The summed E-state index contributed by atoms with van der Waals surface area (Å²) in [5.41, 5.74) is 6.85. The first-order valence-corrected chi connectivity index (χ1v) is 10.6. The van der Waals surface area contributed by atoms with E-state index in [0.717, 1.165) is 23.2 Å². The molecule has 156 valence electrons. The van der Waals surface area contributed by atoms with E-state index >= 15 is 0 Å². The highest BCUT2D eigenvalue weighted by Gasteiger charge is 2.17. The van der Waals surface area contributed by atoms with Gasteiger partial charge in [0.05, 0.1) is 5.56 Å². The Bertz CT molecular complexity index is 1250. The van der Waals surface area contributed by atoms with Gasteiger partial charge in [-0.15, -0.1) is 5.10 Å². The van der Waals surface area contributed by atoms with Crippen LogP contribution in [0.5, 0.6) is 0 Å². The van der Waals surface area contributed by atoms with Gasteiger partial charge in [-0.3, -0.25) is 4.90 Å². The van der Waals surface area contributed by atoms with Gasteiger partial charge in [0.15, 0.2) is 0 Å². The summed E-state index contributed by atoms with van der Waals surface area (Å²) in [6, 6.07) is 20.5. The topological polar surface area (TPSA) is 71.2 Å². The molecule has 0 atom stereocenters. The Kier molecular flexibility index (Phi) is 5.00. The smallest absolute Gasteiger partial charge is 0.337 e. The van der Waals surface area contributed by atoms with E-state index < -0.39 is 5.97 Å². The molecule has 5 rings (SSSR count). The first-order chi connectivity index (χ1) is 15.1. The molecule has 0 spiro atoms. The van der Waals surface area contributed by atoms with E-state index in [0.29, 0.717) is 11.0 Å². The van der Waals surface area contributed by atoms with Crippen LogP contribution in [-0.4, -0.2) is 44.1 Å². The van der Waals surface area contributed by atoms with Crippen LogP contribution < -0.4 is 0 Å². The molecule has 0 aliphatic carbocycles. The summed E-state index contributed by atoms with van der Waals surface area (Å²) in [7, 11) is 1.70. The standard InChI is InChI=1S/C25H24N4O2/c1-28-24-22(25(30)31)14-20(15-23(24)26-27-28)17-8-10-18(11-9-17)21-7-3-2-6-19(21)16-29-12-4-5-13-29/h2-3,6-11,14-15H,4-5,12-13,16H2,1H3,(H,30,31). The lowest BCUT2D eigenvalue weighted by Gasteiger charge is -2.18. The van der Waals surface area contributed by atoms with Gasteiger partial charge in [-0.1, -0.05) is 53.7 Å². The van der Waals surface area contributed by atoms with Crippen molar-refractivity contribution < 1.29 is 9.90 Å². The van der Waals surface area contributed by atoms with Crippen LogP contribution in [0.4, 0.5) is 0 Å². The highest BCUT2D eigenvalue weighted by molar-refractivity contribution is 6.03. The Morgan fingerprint density at radius 1 is 0.968 bits per heavy atom. The second kappa shape index (κ2) is 7.96. The Balaban J connectivity index is 1.50. The van der Waals surface area contributed by atoms with Crippen molar-refractivity contribution >= 4 is 17.0 Å². The van der Waals surface area contributed by atoms with Gasteiger partial charge >= 0.3 is 5.97 Å². The van der Waals surface area contributed by atoms with Crippen LogP contribution in [0.1, 0.15) is 28.8 Å². The van der Waals surface area contributed by atoms with Gasteiger partial charge in [0, 0.05) is 13.6 Å². The fraction of sp³-hybridized carbons (Fsp3) is 0.240. The average Bonchev–Trinajstić information content (AvgIpc) is 3.43. The number of rotatable bonds is 5. The van der Waals surface area contributed by atoms with E-state index in [4.69, 9.17) is 0 Å². The van der Waals surface area contributed by atoms with Crippen LogP contribution in [0.15, 0.2) is 60.7 Å². The third kappa shape index (κ3) is 3.70. The highest BCUT2D eigenvalue weighted by atomic mass is 16.4. The second-order valence-electron chi connectivity index (χ2n) is 8.13. The van der Waals surface area contributed by atoms with Gasteiger partial charge in [0.2, 0.25) is 0 Å². The first kappa shape index (κ1) is 19.5. The zero-order chi connectivity index (χ0) is 21.4. The zero-order valence-electron chi connectivity index (χ0n) is 17.5.